The smallest absolute Gasteiger partial charge is 0.295 e. The Bertz CT molecular complexity index is 470. The monoisotopic (exact) mass is 200 g/mol. The third kappa shape index (κ3) is 1.25. The van der Waals surface area contributed by atoms with Crippen LogP contribution in [0.25, 0.3) is 5.65 Å². The van der Waals surface area contributed by atoms with Gasteiger partial charge >= 0.3 is 6.18 Å². The zero-order valence-corrected chi connectivity index (χ0v) is 7.34. The number of fused-ring (bicyclic) bond motifs is 1. The van der Waals surface area contributed by atoms with Crippen LogP contribution < -0.4 is 0 Å². The van der Waals surface area contributed by atoms with Crippen LogP contribution in [0.1, 0.15) is 11.3 Å². The molecule has 2 heterocycles. The predicted octanol–water partition coefficient (Wildman–Crippen LogP) is 2.66. The molecule has 0 radical (unpaired) electrons. The highest BCUT2D eigenvalue weighted by molar-refractivity contribution is 5.48. The molecule has 2 nitrogen and oxygen atoms in total. The Morgan fingerprint density at radius 1 is 1.29 bits per heavy atom. The maximum Gasteiger partial charge on any atom is 0.431 e. The van der Waals surface area contributed by atoms with E-state index in [-0.39, 0.29) is 0 Å². The van der Waals surface area contributed by atoms with Crippen LogP contribution in [0, 0.1) is 6.92 Å². The maximum absolute atomic E-state index is 12.5. The third-order valence-electron chi connectivity index (χ3n) is 2.03. The molecule has 2 aromatic rings. The summed E-state index contributed by atoms with van der Waals surface area (Å²) >= 11 is 0. The molecule has 0 saturated carbocycles. The van der Waals surface area contributed by atoms with Gasteiger partial charge in [-0.25, -0.2) is 4.98 Å². The summed E-state index contributed by atoms with van der Waals surface area (Å²) in [5.41, 5.74) is 0.374. The second-order valence-corrected chi connectivity index (χ2v) is 3.02. The zero-order valence-electron chi connectivity index (χ0n) is 7.34. The van der Waals surface area contributed by atoms with Crippen LogP contribution in [0.3, 0.4) is 0 Å². The van der Waals surface area contributed by atoms with Crippen LogP contribution in [-0.2, 0) is 6.18 Å². The quantitative estimate of drug-likeness (QED) is 0.639. The standard InChI is InChI=1S/C9H7F3N2/c1-6-2-3-7(9(10,11)12)14-5-4-13-8(6)14/h2-5H,1H3. The number of halogens is 3. The molecule has 14 heavy (non-hydrogen) atoms. The minimum Gasteiger partial charge on any atom is -0.295 e. The van der Waals surface area contributed by atoms with Crippen LogP contribution in [0.4, 0.5) is 13.2 Å². The van der Waals surface area contributed by atoms with E-state index < -0.39 is 11.9 Å². The molecule has 0 aromatic carbocycles. The van der Waals surface area contributed by atoms with Crippen LogP contribution in [0.15, 0.2) is 24.5 Å². The Morgan fingerprint density at radius 2 is 2.00 bits per heavy atom. The summed E-state index contributed by atoms with van der Waals surface area (Å²) in [5.74, 6) is 0. The molecule has 0 N–H and O–H groups in total. The van der Waals surface area contributed by atoms with Crippen molar-refractivity contribution in [3.05, 3.63) is 35.8 Å². The highest BCUT2D eigenvalue weighted by atomic mass is 19.4. The topological polar surface area (TPSA) is 17.3 Å². The first kappa shape index (κ1) is 9.05. The van der Waals surface area contributed by atoms with E-state index in [0.717, 1.165) is 16.0 Å². The van der Waals surface area contributed by atoms with Crippen LogP contribution >= 0.6 is 0 Å². The Balaban J connectivity index is 2.80. The molecule has 5 heteroatoms. The second-order valence-electron chi connectivity index (χ2n) is 3.02. The number of imidazole rings is 1. The van der Waals surface area contributed by atoms with Gasteiger partial charge in [0.2, 0.25) is 0 Å². The molecular weight excluding hydrogens is 193 g/mol. The van der Waals surface area contributed by atoms with Crippen molar-refractivity contribution in [1.82, 2.24) is 9.38 Å². The van der Waals surface area contributed by atoms with Gasteiger partial charge in [0.1, 0.15) is 11.3 Å². The van der Waals surface area contributed by atoms with E-state index in [1.807, 2.05) is 0 Å². The average molecular weight is 200 g/mol. The molecular formula is C9H7F3N2. The van der Waals surface area contributed by atoms with E-state index in [2.05, 4.69) is 4.98 Å². The van der Waals surface area contributed by atoms with Gasteiger partial charge in [0.15, 0.2) is 0 Å². The van der Waals surface area contributed by atoms with Gasteiger partial charge in [-0.3, -0.25) is 4.40 Å². The molecule has 0 aliphatic rings. The van der Waals surface area contributed by atoms with Crippen molar-refractivity contribution < 1.29 is 13.2 Å². The molecule has 0 fully saturated rings. The number of aromatic nitrogens is 2. The van der Waals surface area contributed by atoms with Crippen molar-refractivity contribution in [1.29, 1.82) is 0 Å². The fourth-order valence-corrected chi connectivity index (χ4v) is 1.38. The van der Waals surface area contributed by atoms with Gasteiger partial charge < -0.3 is 0 Å². The lowest BCUT2D eigenvalue weighted by atomic mass is 10.2. The Hall–Kier alpha value is -1.52. The van der Waals surface area contributed by atoms with Crippen molar-refractivity contribution in [3.8, 4) is 0 Å². The minimum atomic E-state index is -4.34. The molecule has 0 atom stereocenters. The van der Waals surface area contributed by atoms with Gasteiger partial charge in [-0.2, -0.15) is 13.2 Å². The third-order valence-corrected chi connectivity index (χ3v) is 2.03. The summed E-state index contributed by atoms with van der Waals surface area (Å²) in [4.78, 5) is 3.86. The fourth-order valence-electron chi connectivity index (χ4n) is 1.38. The lowest BCUT2D eigenvalue weighted by molar-refractivity contribution is -0.142. The molecule has 0 bridgehead atoms. The Labute approximate surface area is 78.0 Å². The first-order valence-corrected chi connectivity index (χ1v) is 4.00. The van der Waals surface area contributed by atoms with Gasteiger partial charge in [0.25, 0.3) is 0 Å². The van der Waals surface area contributed by atoms with E-state index in [1.165, 1.54) is 18.5 Å². The fraction of sp³-hybridized carbons (Fsp3) is 0.222. The summed E-state index contributed by atoms with van der Waals surface area (Å²) in [7, 11) is 0. The first-order valence-electron chi connectivity index (χ1n) is 4.00. The summed E-state index contributed by atoms with van der Waals surface area (Å²) in [6.07, 6.45) is -1.67. The summed E-state index contributed by atoms with van der Waals surface area (Å²) in [6, 6.07) is 2.48. The highest BCUT2D eigenvalue weighted by Crippen LogP contribution is 2.30. The lowest BCUT2D eigenvalue weighted by Gasteiger charge is -2.09. The summed E-state index contributed by atoms with van der Waals surface area (Å²) in [6.45, 7) is 1.72. The van der Waals surface area contributed by atoms with Crippen molar-refractivity contribution in [2.75, 3.05) is 0 Å². The van der Waals surface area contributed by atoms with Gasteiger partial charge in [-0.1, -0.05) is 6.07 Å². The Morgan fingerprint density at radius 3 is 2.64 bits per heavy atom. The van der Waals surface area contributed by atoms with Crippen LogP contribution in [0.2, 0.25) is 0 Å². The first-order chi connectivity index (χ1) is 6.50. The average Bonchev–Trinajstić information content (AvgIpc) is 2.50. The van der Waals surface area contributed by atoms with E-state index in [1.54, 1.807) is 6.92 Å². The molecule has 0 aliphatic carbocycles. The molecule has 0 spiro atoms. The number of rotatable bonds is 0. The van der Waals surface area contributed by atoms with E-state index >= 15 is 0 Å². The largest absolute Gasteiger partial charge is 0.431 e. The number of hydrogen-bond donors (Lipinski definition) is 0. The molecule has 0 saturated heterocycles. The molecule has 74 valence electrons. The number of hydrogen-bond acceptors (Lipinski definition) is 1. The molecule has 0 amide bonds. The van der Waals surface area contributed by atoms with Gasteiger partial charge in [0.05, 0.1) is 0 Å². The summed E-state index contributed by atoms with van der Waals surface area (Å²) < 4.78 is 38.5. The van der Waals surface area contributed by atoms with Crippen molar-refractivity contribution >= 4 is 5.65 Å². The van der Waals surface area contributed by atoms with Crippen molar-refractivity contribution in [3.63, 3.8) is 0 Å². The summed E-state index contributed by atoms with van der Waals surface area (Å²) in [5, 5.41) is 0. The van der Waals surface area contributed by atoms with E-state index in [0.29, 0.717) is 5.65 Å². The molecule has 0 aliphatic heterocycles. The predicted molar refractivity (Wildman–Crippen MR) is 44.9 cm³/mol. The Kier molecular flexibility index (Phi) is 1.77. The molecule has 0 unspecified atom stereocenters. The maximum atomic E-state index is 12.5. The normalized spacial score (nSPS) is 12.3. The lowest BCUT2D eigenvalue weighted by Crippen LogP contribution is -2.11. The van der Waals surface area contributed by atoms with Gasteiger partial charge in [-0.15, -0.1) is 0 Å². The number of aryl methyl sites for hydroxylation is 1. The minimum absolute atomic E-state index is 0.347. The van der Waals surface area contributed by atoms with Crippen molar-refractivity contribution in [2.45, 2.75) is 13.1 Å². The number of nitrogens with zero attached hydrogens (tertiary/aromatic N) is 2. The van der Waals surface area contributed by atoms with Crippen LogP contribution in [0.5, 0.6) is 0 Å². The van der Waals surface area contributed by atoms with Crippen LogP contribution in [-0.4, -0.2) is 9.38 Å². The SMILES string of the molecule is Cc1ccc(C(F)(F)F)n2ccnc12. The highest BCUT2D eigenvalue weighted by Gasteiger charge is 2.33. The van der Waals surface area contributed by atoms with Gasteiger partial charge in [-0.05, 0) is 18.6 Å². The second kappa shape index (κ2) is 2.73. The number of pyridine rings is 1. The number of alkyl halides is 3. The zero-order chi connectivity index (χ0) is 10.3. The van der Waals surface area contributed by atoms with Gasteiger partial charge in [0, 0.05) is 12.4 Å². The van der Waals surface area contributed by atoms with E-state index in [4.69, 9.17) is 0 Å². The van der Waals surface area contributed by atoms with E-state index in [9.17, 15) is 13.2 Å². The van der Waals surface area contributed by atoms with Crippen molar-refractivity contribution in [2.24, 2.45) is 0 Å². The molecule has 2 rings (SSSR count). The molecule has 2 aromatic heterocycles.